The number of nitrogens with one attached hydrogen (secondary N) is 1. The van der Waals surface area contributed by atoms with Gasteiger partial charge in [0.15, 0.2) is 5.96 Å². The number of nitrogens with zero attached hydrogens (tertiary/aromatic N) is 4. The number of halogens is 2. The van der Waals surface area contributed by atoms with Crippen LogP contribution in [0.3, 0.4) is 0 Å². The van der Waals surface area contributed by atoms with Crippen LogP contribution in [0.4, 0.5) is 0 Å². The average Bonchev–Trinajstić information content (AvgIpc) is 3.07. The molecule has 0 radical (unpaired) electrons. The van der Waals surface area contributed by atoms with Crippen molar-refractivity contribution in [2.75, 3.05) is 27.2 Å². The molecule has 0 aliphatic heterocycles. The Morgan fingerprint density at radius 2 is 1.86 bits per heavy atom. The van der Waals surface area contributed by atoms with Crippen LogP contribution in [0.5, 0.6) is 0 Å². The number of rotatable bonds is 8. The van der Waals surface area contributed by atoms with Crippen LogP contribution in [0, 0.1) is 0 Å². The van der Waals surface area contributed by atoms with E-state index in [2.05, 4.69) is 41.8 Å². The summed E-state index contributed by atoms with van der Waals surface area (Å²) in [6.45, 7) is 4.62. The molecule has 0 aliphatic rings. The number of hydrogen-bond acceptors (Lipinski definition) is 2. The Bertz CT molecular complexity index is 808. The van der Waals surface area contributed by atoms with Crippen molar-refractivity contribution in [3.63, 3.8) is 0 Å². The quantitative estimate of drug-likeness (QED) is 0.295. The minimum Gasteiger partial charge on any atom is -0.357 e. The number of aliphatic imine (C=N–C) groups is 1. The first-order chi connectivity index (χ1) is 13.4. The van der Waals surface area contributed by atoms with Crippen molar-refractivity contribution in [2.45, 2.75) is 26.4 Å². The summed E-state index contributed by atoms with van der Waals surface area (Å²) in [5, 5.41) is 3.30. The van der Waals surface area contributed by atoms with Gasteiger partial charge in [0.05, 0.1) is 13.1 Å². The second-order valence-corrected chi connectivity index (χ2v) is 7.65. The third-order valence-electron chi connectivity index (χ3n) is 4.53. The van der Waals surface area contributed by atoms with E-state index in [0.717, 1.165) is 29.1 Å². The number of guanidine groups is 1. The van der Waals surface area contributed by atoms with Gasteiger partial charge in [-0.25, -0.2) is 0 Å². The summed E-state index contributed by atoms with van der Waals surface area (Å²) in [6, 6.07) is 12.1. The zero-order chi connectivity index (χ0) is 20.5. The molecule has 0 spiro atoms. The van der Waals surface area contributed by atoms with Crippen LogP contribution in [0.2, 0.25) is 0 Å². The number of aryl methyl sites for hydroxylation is 1. The molecule has 1 amide bonds. The lowest BCUT2D eigenvalue weighted by molar-refractivity contribution is -0.130. The zero-order valence-electron chi connectivity index (χ0n) is 17.6. The molecule has 0 saturated carbocycles. The summed E-state index contributed by atoms with van der Waals surface area (Å²) in [5.74, 6) is 0.894. The fourth-order valence-electron chi connectivity index (χ4n) is 2.87. The first kappa shape index (κ1) is 25.5. The molecule has 0 atom stereocenters. The van der Waals surface area contributed by atoms with Crippen LogP contribution in [0.1, 0.15) is 24.6 Å². The molecule has 160 valence electrons. The van der Waals surface area contributed by atoms with E-state index in [9.17, 15) is 4.79 Å². The Balaban J connectivity index is 0.00000420. The molecule has 1 aromatic heterocycles. The van der Waals surface area contributed by atoms with Gasteiger partial charge in [0.2, 0.25) is 5.91 Å². The highest BCUT2D eigenvalue weighted by molar-refractivity contribution is 14.0. The Kier molecular flexibility index (Phi) is 11.3. The molecule has 8 heteroatoms. The van der Waals surface area contributed by atoms with E-state index in [4.69, 9.17) is 0 Å². The van der Waals surface area contributed by atoms with E-state index < -0.39 is 0 Å². The molecule has 29 heavy (non-hydrogen) atoms. The van der Waals surface area contributed by atoms with E-state index in [1.807, 2.05) is 64.6 Å². The van der Waals surface area contributed by atoms with Crippen LogP contribution in [-0.4, -0.2) is 53.4 Å². The molecule has 1 heterocycles. The highest BCUT2D eigenvalue weighted by Crippen LogP contribution is 2.17. The molecule has 0 aliphatic carbocycles. The third kappa shape index (κ3) is 8.00. The van der Waals surface area contributed by atoms with E-state index in [1.54, 1.807) is 4.90 Å². The lowest BCUT2D eigenvalue weighted by atomic mass is 10.2. The lowest BCUT2D eigenvalue weighted by Crippen LogP contribution is -2.39. The molecule has 2 rings (SSSR count). The topological polar surface area (TPSA) is 52.9 Å². The number of carbonyl (C=O) groups is 1. The predicted octanol–water partition coefficient (Wildman–Crippen LogP) is 3.85. The highest BCUT2D eigenvalue weighted by atomic mass is 127. The maximum Gasteiger partial charge on any atom is 0.224 e. The van der Waals surface area contributed by atoms with Gasteiger partial charge in [-0.1, -0.05) is 34.1 Å². The maximum absolute atomic E-state index is 12.5. The number of carbonyl (C=O) groups excluding carboxylic acids is 1. The maximum atomic E-state index is 12.5. The van der Waals surface area contributed by atoms with Gasteiger partial charge in [-0.3, -0.25) is 9.79 Å². The molecule has 0 fully saturated rings. The monoisotopic (exact) mass is 575 g/mol. The van der Waals surface area contributed by atoms with Crippen molar-refractivity contribution in [2.24, 2.45) is 12.0 Å². The molecule has 0 saturated heterocycles. The zero-order valence-corrected chi connectivity index (χ0v) is 21.5. The highest BCUT2D eigenvalue weighted by Gasteiger charge is 2.12. The minimum absolute atomic E-state index is 0. The fraction of sp³-hybridized carbons (Fsp3) is 0.429. The van der Waals surface area contributed by atoms with Crippen LogP contribution >= 0.6 is 39.9 Å². The normalized spacial score (nSPS) is 11.0. The lowest BCUT2D eigenvalue weighted by Gasteiger charge is -2.22. The second-order valence-electron chi connectivity index (χ2n) is 6.79. The number of aromatic nitrogens is 1. The molecule has 1 N–H and O–H groups in total. The first-order valence-corrected chi connectivity index (χ1v) is 10.3. The molecule has 6 nitrogen and oxygen atoms in total. The number of amides is 1. The summed E-state index contributed by atoms with van der Waals surface area (Å²) in [4.78, 5) is 20.9. The van der Waals surface area contributed by atoms with Gasteiger partial charge in [0, 0.05) is 57.0 Å². The standard InChI is InChI=1S/C21H30BrN5O.HI/c1-5-23-21(27(4)16-18-10-8-14-25(18)2)24-13-12-20(28)26(3)15-17-9-6-7-11-19(17)22;/h6-11,14H,5,12-13,15-16H2,1-4H3,(H,23,24);1H. The van der Waals surface area contributed by atoms with Crippen molar-refractivity contribution in [3.8, 4) is 0 Å². The molecule has 0 bridgehead atoms. The smallest absolute Gasteiger partial charge is 0.224 e. The van der Waals surface area contributed by atoms with Gasteiger partial charge in [-0.15, -0.1) is 24.0 Å². The largest absolute Gasteiger partial charge is 0.357 e. The van der Waals surface area contributed by atoms with E-state index in [0.29, 0.717) is 19.5 Å². The molecule has 1 aromatic carbocycles. The fourth-order valence-corrected chi connectivity index (χ4v) is 3.28. The molecule has 0 unspecified atom stereocenters. The van der Waals surface area contributed by atoms with Crippen molar-refractivity contribution in [1.82, 2.24) is 19.7 Å². The molecular weight excluding hydrogens is 545 g/mol. The Hall–Kier alpha value is -1.55. The number of benzene rings is 1. The van der Waals surface area contributed by atoms with E-state index in [-0.39, 0.29) is 29.9 Å². The third-order valence-corrected chi connectivity index (χ3v) is 5.30. The van der Waals surface area contributed by atoms with Crippen molar-refractivity contribution in [3.05, 3.63) is 58.3 Å². The van der Waals surface area contributed by atoms with Crippen LogP contribution in [0.25, 0.3) is 0 Å². The first-order valence-electron chi connectivity index (χ1n) is 9.49. The SMILES string of the molecule is CCNC(=NCCC(=O)N(C)Cc1ccccc1Br)N(C)Cc1cccn1C.I. The van der Waals surface area contributed by atoms with Gasteiger partial charge >= 0.3 is 0 Å². The van der Waals surface area contributed by atoms with Crippen LogP contribution in [-0.2, 0) is 24.9 Å². The van der Waals surface area contributed by atoms with Crippen molar-refractivity contribution in [1.29, 1.82) is 0 Å². The second kappa shape index (κ2) is 12.9. The Morgan fingerprint density at radius 3 is 2.48 bits per heavy atom. The minimum atomic E-state index is 0. The predicted molar refractivity (Wildman–Crippen MR) is 134 cm³/mol. The summed E-state index contributed by atoms with van der Waals surface area (Å²) in [7, 11) is 5.88. The van der Waals surface area contributed by atoms with Crippen LogP contribution < -0.4 is 5.32 Å². The summed E-state index contributed by atoms with van der Waals surface area (Å²) < 4.78 is 3.12. The summed E-state index contributed by atoms with van der Waals surface area (Å²) in [6.07, 6.45) is 2.42. The number of hydrogen-bond donors (Lipinski definition) is 1. The van der Waals surface area contributed by atoms with Gasteiger partial charge in [0.25, 0.3) is 0 Å². The van der Waals surface area contributed by atoms with Crippen LogP contribution in [0.15, 0.2) is 52.1 Å². The van der Waals surface area contributed by atoms with Gasteiger partial charge in [-0.05, 0) is 30.7 Å². The average molecular weight is 576 g/mol. The Labute approximate surface area is 199 Å². The van der Waals surface area contributed by atoms with Crippen molar-refractivity contribution >= 4 is 51.8 Å². The van der Waals surface area contributed by atoms with Gasteiger partial charge in [-0.2, -0.15) is 0 Å². The Morgan fingerprint density at radius 1 is 1.14 bits per heavy atom. The van der Waals surface area contributed by atoms with E-state index >= 15 is 0 Å². The summed E-state index contributed by atoms with van der Waals surface area (Å²) in [5.41, 5.74) is 2.30. The van der Waals surface area contributed by atoms with Gasteiger partial charge in [0.1, 0.15) is 0 Å². The summed E-state index contributed by atoms with van der Waals surface area (Å²) >= 11 is 3.53. The van der Waals surface area contributed by atoms with Gasteiger partial charge < -0.3 is 19.7 Å². The van der Waals surface area contributed by atoms with Crippen molar-refractivity contribution < 1.29 is 4.79 Å². The van der Waals surface area contributed by atoms with E-state index in [1.165, 1.54) is 5.69 Å². The molecule has 2 aromatic rings. The molecular formula is C21H31BrIN5O.